The summed E-state index contributed by atoms with van der Waals surface area (Å²) in [7, 11) is -1.27. The average molecular weight is 420 g/mol. The number of hydrogen-bond acceptors (Lipinski definition) is 6. The Morgan fingerprint density at radius 2 is 1.79 bits per heavy atom. The van der Waals surface area contributed by atoms with E-state index in [0.29, 0.717) is 13.0 Å². The zero-order chi connectivity index (χ0) is 21.4. The molecule has 2 aromatic rings. The molecule has 0 heterocycles. The van der Waals surface area contributed by atoms with E-state index in [1.54, 1.807) is 0 Å². The average Bonchev–Trinajstić information content (AvgIpc) is 2.73. The Morgan fingerprint density at radius 3 is 2.41 bits per heavy atom. The number of methoxy groups -OCH3 is 1. The summed E-state index contributed by atoms with van der Waals surface area (Å²) >= 11 is 0. The van der Waals surface area contributed by atoms with Crippen LogP contribution in [0.25, 0.3) is 0 Å². The first kappa shape index (κ1) is 22.4. The van der Waals surface area contributed by atoms with Crippen LogP contribution in [0.5, 0.6) is 5.75 Å². The highest BCUT2D eigenvalue weighted by Gasteiger charge is 2.23. The minimum absolute atomic E-state index is 0.0106. The van der Waals surface area contributed by atoms with Crippen LogP contribution in [0.2, 0.25) is 0 Å². The van der Waals surface area contributed by atoms with Crippen LogP contribution in [0, 0.1) is 0 Å². The van der Waals surface area contributed by atoms with Gasteiger partial charge in [-0.3, -0.25) is 4.79 Å². The molecule has 0 saturated carbocycles. The van der Waals surface area contributed by atoms with Crippen molar-refractivity contribution < 1.29 is 27.5 Å². The Bertz CT molecular complexity index is 960. The topological polar surface area (TPSA) is 111 Å². The van der Waals surface area contributed by atoms with Crippen LogP contribution in [0.1, 0.15) is 22.8 Å². The lowest BCUT2D eigenvalue weighted by Gasteiger charge is -2.15. The molecule has 0 aliphatic rings. The normalized spacial score (nSPS) is 12.1. The van der Waals surface area contributed by atoms with Gasteiger partial charge in [0, 0.05) is 6.54 Å². The molecule has 1 amide bonds. The summed E-state index contributed by atoms with van der Waals surface area (Å²) in [6.07, 6.45) is -0.388. The van der Waals surface area contributed by atoms with Gasteiger partial charge in [0.25, 0.3) is 5.91 Å². The summed E-state index contributed by atoms with van der Waals surface area (Å²) in [4.78, 5) is 24.3. The van der Waals surface area contributed by atoms with Crippen molar-refractivity contribution in [2.45, 2.75) is 24.3 Å². The summed E-state index contributed by atoms with van der Waals surface area (Å²) in [6, 6.07) is 13.5. The molecule has 29 heavy (non-hydrogen) atoms. The number of nitrogens with one attached hydrogen (secondary N) is 2. The summed E-state index contributed by atoms with van der Waals surface area (Å²) in [6.45, 7) is 1.85. The molecular weight excluding hydrogens is 396 g/mol. The standard InChI is InChI=1S/C20H24N2O6S/c1-14(19(23)22-12-11-15-7-5-4-6-8-15)28-20(24)16-9-10-17(27-3)18(13-16)29(25,26)21-2/h4-10,13-14,21H,11-12H2,1-3H3,(H,22,23)/t14-/m1/s1. The monoisotopic (exact) mass is 420 g/mol. The highest BCUT2D eigenvalue weighted by Crippen LogP contribution is 2.25. The van der Waals surface area contributed by atoms with Crippen LogP contribution in [0.4, 0.5) is 0 Å². The van der Waals surface area contributed by atoms with E-state index < -0.39 is 28.0 Å². The number of benzene rings is 2. The molecule has 0 unspecified atom stereocenters. The fraction of sp³-hybridized carbons (Fsp3) is 0.300. The molecule has 0 spiro atoms. The first-order valence-corrected chi connectivity index (χ1v) is 10.4. The lowest BCUT2D eigenvalue weighted by molar-refractivity contribution is -0.129. The maximum absolute atomic E-state index is 12.4. The minimum atomic E-state index is -3.84. The van der Waals surface area contributed by atoms with E-state index >= 15 is 0 Å². The molecule has 0 aromatic heterocycles. The van der Waals surface area contributed by atoms with Gasteiger partial charge < -0.3 is 14.8 Å². The zero-order valence-electron chi connectivity index (χ0n) is 16.5. The van der Waals surface area contributed by atoms with Crippen molar-refractivity contribution in [2.75, 3.05) is 20.7 Å². The summed E-state index contributed by atoms with van der Waals surface area (Å²) in [5.41, 5.74) is 1.07. The van der Waals surface area contributed by atoms with Crippen molar-refractivity contribution in [1.82, 2.24) is 10.0 Å². The van der Waals surface area contributed by atoms with Crippen LogP contribution < -0.4 is 14.8 Å². The molecule has 2 aromatic carbocycles. The van der Waals surface area contributed by atoms with E-state index in [0.717, 1.165) is 11.6 Å². The van der Waals surface area contributed by atoms with E-state index in [4.69, 9.17) is 9.47 Å². The Kier molecular flexibility index (Phi) is 7.74. The number of esters is 1. The predicted molar refractivity (Wildman–Crippen MR) is 107 cm³/mol. The maximum Gasteiger partial charge on any atom is 0.338 e. The Hall–Kier alpha value is -2.91. The van der Waals surface area contributed by atoms with Gasteiger partial charge in [-0.15, -0.1) is 0 Å². The number of sulfonamides is 1. The molecule has 0 saturated heterocycles. The molecule has 0 bridgehead atoms. The van der Waals surface area contributed by atoms with Gasteiger partial charge in [-0.05, 0) is 44.2 Å². The molecule has 0 aliphatic carbocycles. The van der Waals surface area contributed by atoms with Gasteiger partial charge in [-0.2, -0.15) is 0 Å². The van der Waals surface area contributed by atoms with Gasteiger partial charge in [-0.25, -0.2) is 17.9 Å². The third-order valence-corrected chi connectivity index (χ3v) is 5.60. The van der Waals surface area contributed by atoms with Crippen LogP contribution in [0.3, 0.4) is 0 Å². The molecule has 8 nitrogen and oxygen atoms in total. The van der Waals surface area contributed by atoms with Gasteiger partial charge in [0.2, 0.25) is 10.0 Å². The van der Waals surface area contributed by atoms with Gasteiger partial charge in [0.1, 0.15) is 10.6 Å². The molecule has 156 valence electrons. The van der Waals surface area contributed by atoms with Crippen molar-refractivity contribution >= 4 is 21.9 Å². The van der Waals surface area contributed by atoms with E-state index in [-0.39, 0.29) is 16.2 Å². The summed E-state index contributed by atoms with van der Waals surface area (Å²) in [5.74, 6) is -1.17. The fourth-order valence-electron chi connectivity index (χ4n) is 2.52. The lowest BCUT2D eigenvalue weighted by atomic mass is 10.1. The van der Waals surface area contributed by atoms with Gasteiger partial charge in [0.05, 0.1) is 12.7 Å². The Labute approximate surface area is 170 Å². The second-order valence-corrected chi connectivity index (χ2v) is 8.00. The van der Waals surface area contributed by atoms with Crippen molar-refractivity contribution in [1.29, 1.82) is 0 Å². The van der Waals surface area contributed by atoms with E-state index in [2.05, 4.69) is 10.0 Å². The second-order valence-electron chi connectivity index (χ2n) is 6.15. The third-order valence-electron chi connectivity index (χ3n) is 4.17. The largest absolute Gasteiger partial charge is 0.495 e. The highest BCUT2D eigenvalue weighted by atomic mass is 32.2. The second kappa shape index (κ2) is 10.0. The smallest absolute Gasteiger partial charge is 0.338 e. The molecule has 9 heteroatoms. The number of ether oxygens (including phenoxy) is 2. The fourth-order valence-corrected chi connectivity index (χ4v) is 3.44. The van der Waals surface area contributed by atoms with Crippen molar-refractivity contribution in [3.63, 3.8) is 0 Å². The van der Waals surface area contributed by atoms with Crippen LogP contribution in [0.15, 0.2) is 53.4 Å². The molecule has 1 atom stereocenters. The Balaban J connectivity index is 1.99. The van der Waals surface area contributed by atoms with Crippen LogP contribution >= 0.6 is 0 Å². The number of rotatable bonds is 9. The van der Waals surface area contributed by atoms with Crippen LogP contribution in [-0.2, 0) is 26.0 Å². The maximum atomic E-state index is 12.4. The SMILES string of the molecule is CNS(=O)(=O)c1cc(C(=O)O[C@H](C)C(=O)NCCc2ccccc2)ccc1OC. The predicted octanol–water partition coefficient (Wildman–Crippen LogP) is 1.51. The molecular formula is C20H24N2O6S. The Morgan fingerprint density at radius 1 is 1.10 bits per heavy atom. The highest BCUT2D eigenvalue weighted by molar-refractivity contribution is 7.89. The quantitative estimate of drug-likeness (QED) is 0.595. The van der Waals surface area contributed by atoms with Crippen molar-refractivity contribution in [3.8, 4) is 5.75 Å². The molecule has 0 aliphatic heterocycles. The molecule has 2 N–H and O–H groups in total. The first-order chi connectivity index (χ1) is 13.8. The molecule has 2 rings (SSSR count). The van der Waals surface area contributed by atoms with E-state index in [1.807, 2.05) is 30.3 Å². The number of carbonyl (C=O) groups is 2. The van der Waals surface area contributed by atoms with Gasteiger partial charge in [-0.1, -0.05) is 30.3 Å². The summed E-state index contributed by atoms with van der Waals surface area (Å²) in [5, 5.41) is 2.71. The lowest BCUT2D eigenvalue weighted by Crippen LogP contribution is -2.37. The van der Waals surface area contributed by atoms with Gasteiger partial charge in [0.15, 0.2) is 6.10 Å². The van der Waals surface area contributed by atoms with Crippen LogP contribution in [-0.4, -0.2) is 47.1 Å². The molecule has 0 fully saturated rings. The first-order valence-electron chi connectivity index (χ1n) is 8.92. The minimum Gasteiger partial charge on any atom is -0.495 e. The zero-order valence-corrected chi connectivity index (χ0v) is 17.3. The number of hydrogen-bond donors (Lipinski definition) is 2. The van der Waals surface area contributed by atoms with E-state index in [9.17, 15) is 18.0 Å². The molecule has 0 radical (unpaired) electrons. The van der Waals surface area contributed by atoms with Crippen molar-refractivity contribution in [3.05, 3.63) is 59.7 Å². The number of carbonyl (C=O) groups excluding carboxylic acids is 2. The van der Waals surface area contributed by atoms with E-state index in [1.165, 1.54) is 33.2 Å². The summed E-state index contributed by atoms with van der Waals surface area (Å²) < 4.78 is 36.6. The van der Waals surface area contributed by atoms with Crippen molar-refractivity contribution in [2.24, 2.45) is 0 Å². The van der Waals surface area contributed by atoms with Gasteiger partial charge >= 0.3 is 5.97 Å². The third kappa shape index (κ3) is 6.03. The number of amides is 1.